The summed E-state index contributed by atoms with van der Waals surface area (Å²) >= 11 is 0. The number of esters is 2. The number of benzene rings is 2. The normalized spacial score (nSPS) is 15.0. The minimum Gasteiger partial charge on any atom is -0.481 e. The molecule has 1 aromatic heterocycles. The van der Waals surface area contributed by atoms with Crippen molar-refractivity contribution < 1.29 is 37.0 Å². The minimum atomic E-state index is -4.19. The molecule has 14 nitrogen and oxygen atoms in total. The third kappa shape index (κ3) is 5.90. The van der Waals surface area contributed by atoms with Crippen LogP contribution in [0.25, 0.3) is 0 Å². The number of aromatic nitrogens is 2. The van der Waals surface area contributed by atoms with Crippen LogP contribution >= 0.6 is 0 Å². The van der Waals surface area contributed by atoms with Crippen molar-refractivity contribution in [2.24, 2.45) is 5.73 Å². The van der Waals surface area contributed by atoms with Crippen molar-refractivity contribution in [1.82, 2.24) is 9.97 Å². The van der Waals surface area contributed by atoms with Crippen LogP contribution in [0.5, 0.6) is 11.9 Å². The molecule has 2 heterocycles. The van der Waals surface area contributed by atoms with E-state index in [9.17, 15) is 23.3 Å². The van der Waals surface area contributed by atoms with Crippen molar-refractivity contribution in [3.05, 3.63) is 88.9 Å². The van der Waals surface area contributed by atoms with Crippen molar-refractivity contribution in [2.45, 2.75) is 10.8 Å². The summed E-state index contributed by atoms with van der Waals surface area (Å²) in [4.78, 5) is 35.2. The molecule has 3 N–H and O–H groups in total. The quantitative estimate of drug-likeness (QED) is 0.337. The number of nitrogens with one attached hydrogen (secondary N) is 1. The van der Waals surface area contributed by atoms with E-state index in [1.807, 2.05) is 0 Å². The second-order valence-electron chi connectivity index (χ2n) is 8.72. The molecule has 1 aliphatic heterocycles. The van der Waals surface area contributed by atoms with Crippen LogP contribution in [-0.4, -0.2) is 58.8 Å². The Morgan fingerprint density at radius 2 is 1.60 bits per heavy atom. The molecule has 1 unspecified atom stereocenters. The largest absolute Gasteiger partial charge is 0.481 e. The molecule has 3 aromatic rings. The Morgan fingerprint density at radius 3 is 2.16 bits per heavy atom. The molecule has 15 heteroatoms. The lowest BCUT2D eigenvalue weighted by molar-refractivity contribution is -0.139. The van der Waals surface area contributed by atoms with Crippen LogP contribution in [0.4, 0.5) is 11.5 Å². The maximum atomic E-state index is 13.2. The first-order chi connectivity index (χ1) is 20.6. The van der Waals surface area contributed by atoms with Gasteiger partial charge in [0.1, 0.15) is 11.5 Å². The van der Waals surface area contributed by atoms with Gasteiger partial charge in [-0.2, -0.15) is 15.2 Å². The van der Waals surface area contributed by atoms with Gasteiger partial charge in [-0.1, -0.05) is 30.3 Å². The number of nitrogens with two attached hydrogens (primary N) is 1. The van der Waals surface area contributed by atoms with E-state index >= 15 is 0 Å². The van der Waals surface area contributed by atoms with Crippen LogP contribution in [0.3, 0.4) is 0 Å². The highest BCUT2D eigenvalue weighted by Crippen LogP contribution is 2.43. The average Bonchev–Trinajstić information content (AvgIpc) is 3.03. The van der Waals surface area contributed by atoms with Gasteiger partial charge in [-0.05, 0) is 29.8 Å². The van der Waals surface area contributed by atoms with Gasteiger partial charge >= 0.3 is 17.9 Å². The summed E-state index contributed by atoms with van der Waals surface area (Å²) in [6, 6.07) is 16.9. The van der Waals surface area contributed by atoms with Gasteiger partial charge in [0.05, 0.1) is 56.5 Å². The fourth-order valence-electron chi connectivity index (χ4n) is 4.40. The lowest BCUT2D eigenvalue weighted by Gasteiger charge is -2.35. The standard InChI is InChI=1S/C28H26N6O8S/c1-39-21-14-20(31-28(32-21)42-4)33-43(37,38)18-12-10-17(11-13-18)34-24(27(36)41-3)23(26(35)40-2)22(19(15-29)25(34)30)16-8-6-5-7-9-16/h5-14,22H,30H2,1-4H3,(H,31,32,33). The van der Waals surface area contributed by atoms with E-state index in [0.29, 0.717) is 5.56 Å². The van der Waals surface area contributed by atoms with Crippen LogP contribution in [0.2, 0.25) is 0 Å². The molecule has 0 aliphatic carbocycles. The minimum absolute atomic E-state index is 0.0377. The number of anilines is 2. The zero-order valence-electron chi connectivity index (χ0n) is 23.4. The number of carbonyl (C=O) groups is 2. The number of sulfonamides is 1. The summed E-state index contributed by atoms with van der Waals surface area (Å²) in [5.41, 5.74) is 6.63. The molecule has 0 radical (unpaired) electrons. The zero-order valence-corrected chi connectivity index (χ0v) is 24.2. The molecule has 0 spiro atoms. The number of carbonyl (C=O) groups excluding carboxylic acids is 2. The first kappa shape index (κ1) is 30.3. The van der Waals surface area contributed by atoms with Gasteiger partial charge in [-0.15, -0.1) is 0 Å². The maximum absolute atomic E-state index is 13.2. The van der Waals surface area contributed by atoms with E-state index in [0.717, 1.165) is 19.1 Å². The highest BCUT2D eigenvalue weighted by atomic mass is 32.2. The van der Waals surface area contributed by atoms with E-state index in [1.165, 1.54) is 44.6 Å². The van der Waals surface area contributed by atoms with Gasteiger partial charge in [0, 0.05) is 11.8 Å². The lowest BCUT2D eigenvalue weighted by atomic mass is 9.81. The number of ether oxygens (including phenoxy) is 4. The highest BCUT2D eigenvalue weighted by Gasteiger charge is 2.43. The molecule has 222 valence electrons. The van der Waals surface area contributed by atoms with Crippen molar-refractivity contribution >= 4 is 33.5 Å². The first-order valence-corrected chi connectivity index (χ1v) is 13.8. The summed E-state index contributed by atoms with van der Waals surface area (Å²) in [5, 5.41) is 10.2. The predicted octanol–water partition coefficient (Wildman–Crippen LogP) is 2.19. The molecule has 43 heavy (non-hydrogen) atoms. The highest BCUT2D eigenvalue weighted by molar-refractivity contribution is 7.92. The molecule has 1 aliphatic rings. The van der Waals surface area contributed by atoms with Gasteiger partial charge in [0.15, 0.2) is 5.82 Å². The van der Waals surface area contributed by atoms with E-state index in [1.54, 1.807) is 30.3 Å². The third-order valence-electron chi connectivity index (χ3n) is 6.33. The lowest BCUT2D eigenvalue weighted by Crippen LogP contribution is -2.40. The van der Waals surface area contributed by atoms with Gasteiger partial charge in [0.25, 0.3) is 10.0 Å². The van der Waals surface area contributed by atoms with Crippen molar-refractivity contribution in [1.29, 1.82) is 5.26 Å². The Kier molecular flexibility index (Phi) is 8.81. The summed E-state index contributed by atoms with van der Waals surface area (Å²) in [5.74, 6) is -3.09. The van der Waals surface area contributed by atoms with E-state index in [2.05, 4.69) is 20.8 Å². The number of rotatable bonds is 9. The van der Waals surface area contributed by atoms with E-state index in [4.69, 9.17) is 24.7 Å². The molecule has 2 aromatic carbocycles. The second-order valence-corrected chi connectivity index (χ2v) is 10.4. The first-order valence-electron chi connectivity index (χ1n) is 12.4. The number of hydrogen-bond acceptors (Lipinski definition) is 13. The predicted molar refractivity (Wildman–Crippen MR) is 152 cm³/mol. The average molecular weight is 607 g/mol. The van der Waals surface area contributed by atoms with Crippen molar-refractivity contribution in [3.63, 3.8) is 0 Å². The summed E-state index contributed by atoms with van der Waals surface area (Å²) in [6.45, 7) is 0. The van der Waals surface area contributed by atoms with Gasteiger partial charge in [-0.25, -0.2) is 18.0 Å². The SMILES string of the molecule is COC(=O)C1=C(C(=O)OC)N(c2ccc(S(=O)(=O)Nc3cc(OC)nc(OC)n3)cc2)C(N)=C(C#N)C1c1ccccc1. The number of nitrogens with zero attached hydrogens (tertiary/aromatic N) is 4. The van der Waals surface area contributed by atoms with E-state index < -0.39 is 27.9 Å². The third-order valence-corrected chi connectivity index (χ3v) is 7.70. The number of allylic oxidation sites excluding steroid dienone is 1. The maximum Gasteiger partial charge on any atom is 0.355 e. The molecule has 0 saturated heterocycles. The molecule has 1 atom stereocenters. The van der Waals surface area contributed by atoms with Crippen LogP contribution in [0, 0.1) is 11.3 Å². The molecule has 0 fully saturated rings. The topological polar surface area (TPSA) is 196 Å². The van der Waals surface area contributed by atoms with Crippen LogP contribution < -0.4 is 24.8 Å². The molecular formula is C28H26N6O8S. The van der Waals surface area contributed by atoms with Crippen molar-refractivity contribution in [2.75, 3.05) is 38.1 Å². The monoisotopic (exact) mass is 606 g/mol. The summed E-state index contributed by atoms with van der Waals surface area (Å²) < 4.78 is 48.7. The van der Waals surface area contributed by atoms with Gasteiger partial charge in [-0.3, -0.25) is 9.62 Å². The zero-order chi connectivity index (χ0) is 31.3. The fraction of sp³-hybridized carbons (Fsp3) is 0.179. The summed E-state index contributed by atoms with van der Waals surface area (Å²) in [6.07, 6.45) is 0. The van der Waals surface area contributed by atoms with E-state index in [-0.39, 0.29) is 51.0 Å². The molecule has 0 saturated carbocycles. The van der Waals surface area contributed by atoms with Crippen molar-refractivity contribution in [3.8, 4) is 18.0 Å². The number of nitriles is 1. The second kappa shape index (κ2) is 12.5. The van der Waals surface area contributed by atoms with Gasteiger partial charge in [0.2, 0.25) is 5.88 Å². The Balaban J connectivity index is 1.83. The number of methoxy groups -OCH3 is 4. The number of hydrogen-bond donors (Lipinski definition) is 2. The Hall–Kier alpha value is -5.62. The Bertz CT molecular complexity index is 1740. The Labute approximate surface area is 247 Å². The van der Waals surface area contributed by atoms with Gasteiger partial charge < -0.3 is 24.7 Å². The molecular weight excluding hydrogens is 580 g/mol. The van der Waals surface area contributed by atoms with Crippen LogP contribution in [0.1, 0.15) is 11.5 Å². The summed E-state index contributed by atoms with van der Waals surface area (Å²) in [7, 11) is 0.735. The Morgan fingerprint density at radius 1 is 0.953 bits per heavy atom. The van der Waals surface area contributed by atoms with Crippen LogP contribution in [0.15, 0.2) is 88.2 Å². The molecule has 4 rings (SSSR count). The molecule has 0 amide bonds. The molecule has 0 bridgehead atoms. The van der Waals surface area contributed by atoms with Crippen LogP contribution in [-0.2, 0) is 29.1 Å². The smallest absolute Gasteiger partial charge is 0.355 e. The fourth-order valence-corrected chi connectivity index (χ4v) is 5.40.